The maximum atomic E-state index is 15.3. The molecule has 5 rings (SSSR count). The van der Waals surface area contributed by atoms with E-state index in [0.29, 0.717) is 10.6 Å². The Morgan fingerprint density at radius 1 is 1.02 bits per heavy atom. The van der Waals surface area contributed by atoms with Gasteiger partial charge in [-0.2, -0.15) is 18.3 Å². The SMILES string of the molecule is CC(C)n1nccc1C(=O)N[C@H](C(=O)Nc1ccc([C@H](C)C(=O)N2C[C@@H](F)C[C@@H]2C(F)(F)F)cc1F)C(C1CC1)C1CC1. The van der Waals surface area contributed by atoms with Crippen LogP contribution in [0.15, 0.2) is 30.5 Å². The third-order valence-electron chi connectivity index (χ3n) is 8.71. The summed E-state index contributed by atoms with van der Waals surface area (Å²) in [4.78, 5) is 40.3. The molecule has 1 aromatic carbocycles. The molecule has 2 heterocycles. The van der Waals surface area contributed by atoms with Gasteiger partial charge in [-0.1, -0.05) is 6.07 Å². The summed E-state index contributed by atoms with van der Waals surface area (Å²) in [5.41, 5.74) is 0.199. The van der Waals surface area contributed by atoms with Crippen molar-refractivity contribution in [3.8, 4) is 0 Å². The monoisotopic (exact) mass is 609 g/mol. The minimum absolute atomic E-state index is 0.0872. The van der Waals surface area contributed by atoms with Crippen molar-refractivity contribution in [3.63, 3.8) is 0 Å². The molecule has 0 radical (unpaired) electrons. The van der Waals surface area contributed by atoms with Crippen molar-refractivity contribution >= 4 is 23.4 Å². The normalized spacial score (nSPS) is 22.1. The Morgan fingerprint density at radius 3 is 2.23 bits per heavy atom. The van der Waals surface area contributed by atoms with Crippen LogP contribution in [0.3, 0.4) is 0 Å². The molecule has 8 nitrogen and oxygen atoms in total. The van der Waals surface area contributed by atoms with Gasteiger partial charge < -0.3 is 15.5 Å². The zero-order chi connectivity index (χ0) is 31.2. The number of aromatic nitrogens is 2. The molecule has 2 aliphatic carbocycles. The van der Waals surface area contributed by atoms with Crippen LogP contribution in [-0.4, -0.2) is 63.4 Å². The number of nitrogens with one attached hydrogen (secondary N) is 2. The minimum atomic E-state index is -4.78. The summed E-state index contributed by atoms with van der Waals surface area (Å²) in [5.74, 6) is -3.64. The Hall–Kier alpha value is -3.51. The highest BCUT2D eigenvalue weighted by Crippen LogP contribution is 2.51. The van der Waals surface area contributed by atoms with Gasteiger partial charge >= 0.3 is 6.18 Å². The first kappa shape index (κ1) is 30.9. The summed E-state index contributed by atoms with van der Waals surface area (Å²) in [5, 5.41) is 9.66. The van der Waals surface area contributed by atoms with Crippen LogP contribution in [0.1, 0.15) is 80.9 Å². The molecule has 1 saturated heterocycles. The van der Waals surface area contributed by atoms with Crippen molar-refractivity contribution in [2.45, 2.75) is 89.3 Å². The molecule has 0 spiro atoms. The molecule has 0 unspecified atom stereocenters. The number of rotatable bonds is 10. The summed E-state index contributed by atoms with van der Waals surface area (Å²) in [6.45, 7) is 4.41. The van der Waals surface area contributed by atoms with E-state index < -0.39 is 66.9 Å². The second-order valence-corrected chi connectivity index (χ2v) is 12.3. The lowest BCUT2D eigenvalue weighted by atomic mass is 9.88. The van der Waals surface area contributed by atoms with Crippen LogP contribution in [0, 0.1) is 23.6 Å². The lowest BCUT2D eigenvalue weighted by molar-refractivity contribution is -0.183. The van der Waals surface area contributed by atoms with Crippen LogP contribution in [0.4, 0.5) is 27.6 Å². The van der Waals surface area contributed by atoms with Gasteiger partial charge in [0.1, 0.15) is 29.8 Å². The smallest absolute Gasteiger partial charge is 0.339 e. The van der Waals surface area contributed by atoms with Crippen molar-refractivity contribution in [1.82, 2.24) is 20.0 Å². The summed E-state index contributed by atoms with van der Waals surface area (Å²) in [6.07, 6.45) is -2.15. The van der Waals surface area contributed by atoms with Crippen LogP contribution in [0.25, 0.3) is 0 Å². The Labute approximate surface area is 246 Å². The molecular weight excluding hydrogens is 573 g/mol. The zero-order valence-electron chi connectivity index (χ0n) is 24.2. The van der Waals surface area contributed by atoms with Gasteiger partial charge in [0.05, 0.1) is 18.2 Å². The van der Waals surface area contributed by atoms with Crippen LogP contribution >= 0.6 is 0 Å². The van der Waals surface area contributed by atoms with Crippen molar-refractivity contribution in [2.75, 3.05) is 11.9 Å². The van der Waals surface area contributed by atoms with E-state index in [-0.39, 0.29) is 35.0 Å². The van der Waals surface area contributed by atoms with Gasteiger partial charge in [-0.15, -0.1) is 0 Å². The molecule has 43 heavy (non-hydrogen) atoms. The van der Waals surface area contributed by atoms with Gasteiger partial charge in [-0.05, 0) is 88.0 Å². The number of benzene rings is 1. The first-order valence-corrected chi connectivity index (χ1v) is 14.7. The molecule has 13 heteroatoms. The maximum Gasteiger partial charge on any atom is 0.408 e. The molecule has 1 aromatic heterocycles. The molecule has 2 N–H and O–H groups in total. The summed E-state index contributed by atoms with van der Waals surface area (Å²) in [6, 6.07) is 1.89. The number of carbonyl (C=O) groups excluding carboxylic acids is 3. The predicted molar refractivity (Wildman–Crippen MR) is 147 cm³/mol. The quantitative estimate of drug-likeness (QED) is 0.354. The fourth-order valence-corrected chi connectivity index (χ4v) is 6.19. The van der Waals surface area contributed by atoms with Crippen molar-refractivity contribution in [2.24, 2.45) is 17.8 Å². The molecule has 0 bridgehead atoms. The fraction of sp³-hybridized carbons (Fsp3) is 0.600. The molecule has 2 aromatic rings. The number of carbonyl (C=O) groups is 3. The van der Waals surface area contributed by atoms with E-state index in [0.717, 1.165) is 31.7 Å². The van der Waals surface area contributed by atoms with Gasteiger partial charge in [0.2, 0.25) is 11.8 Å². The van der Waals surface area contributed by atoms with Gasteiger partial charge in [0.25, 0.3) is 5.91 Å². The predicted octanol–water partition coefficient (Wildman–Crippen LogP) is 5.38. The van der Waals surface area contributed by atoms with Crippen LogP contribution < -0.4 is 10.6 Å². The third kappa shape index (κ3) is 6.70. The third-order valence-corrected chi connectivity index (χ3v) is 8.71. The molecular formula is C30H36F5N5O3. The van der Waals surface area contributed by atoms with E-state index in [2.05, 4.69) is 15.7 Å². The van der Waals surface area contributed by atoms with Crippen molar-refractivity contribution in [1.29, 1.82) is 0 Å². The van der Waals surface area contributed by atoms with E-state index in [1.54, 1.807) is 10.7 Å². The van der Waals surface area contributed by atoms with E-state index in [9.17, 15) is 31.9 Å². The second kappa shape index (κ2) is 11.9. The molecule has 2 saturated carbocycles. The van der Waals surface area contributed by atoms with Gasteiger partial charge in [0.15, 0.2) is 0 Å². The highest BCUT2D eigenvalue weighted by Gasteiger charge is 2.52. The van der Waals surface area contributed by atoms with E-state index in [4.69, 9.17) is 0 Å². The van der Waals surface area contributed by atoms with Crippen molar-refractivity contribution < 1.29 is 36.3 Å². The average molecular weight is 610 g/mol. The molecule has 4 atom stereocenters. The fourth-order valence-electron chi connectivity index (χ4n) is 6.19. The lowest BCUT2D eigenvalue weighted by Gasteiger charge is -2.29. The van der Waals surface area contributed by atoms with Crippen LogP contribution in [0.2, 0.25) is 0 Å². The molecule has 3 fully saturated rings. The number of nitrogens with zero attached hydrogens (tertiary/aromatic N) is 3. The summed E-state index contributed by atoms with van der Waals surface area (Å²) in [7, 11) is 0. The molecule has 1 aliphatic heterocycles. The Kier molecular flexibility index (Phi) is 8.54. The topological polar surface area (TPSA) is 96.3 Å². The number of likely N-dealkylation sites (tertiary alicyclic amines) is 1. The number of hydrogen-bond donors (Lipinski definition) is 2. The molecule has 234 valence electrons. The van der Waals surface area contributed by atoms with Gasteiger partial charge in [-0.3, -0.25) is 19.1 Å². The van der Waals surface area contributed by atoms with Crippen LogP contribution in [0.5, 0.6) is 0 Å². The summed E-state index contributed by atoms with van der Waals surface area (Å²) < 4.78 is 70.9. The average Bonchev–Trinajstić information content (AvgIpc) is 3.87. The molecule has 3 aliphatic rings. The number of alkyl halides is 4. The number of amides is 3. The zero-order valence-corrected chi connectivity index (χ0v) is 24.2. The Morgan fingerprint density at radius 2 is 1.67 bits per heavy atom. The first-order chi connectivity index (χ1) is 20.3. The van der Waals surface area contributed by atoms with Crippen LogP contribution in [-0.2, 0) is 9.59 Å². The first-order valence-electron chi connectivity index (χ1n) is 14.7. The molecule has 3 amide bonds. The van der Waals surface area contributed by atoms with E-state index in [1.807, 2.05) is 13.8 Å². The van der Waals surface area contributed by atoms with Gasteiger partial charge in [0, 0.05) is 18.7 Å². The highest BCUT2D eigenvalue weighted by atomic mass is 19.4. The van der Waals surface area contributed by atoms with E-state index in [1.165, 1.54) is 25.3 Å². The minimum Gasteiger partial charge on any atom is -0.339 e. The van der Waals surface area contributed by atoms with Crippen molar-refractivity contribution in [3.05, 3.63) is 47.5 Å². The summed E-state index contributed by atoms with van der Waals surface area (Å²) >= 11 is 0. The van der Waals surface area contributed by atoms with E-state index >= 15 is 4.39 Å². The Bertz CT molecular complexity index is 1360. The Balaban J connectivity index is 1.33. The number of hydrogen-bond acceptors (Lipinski definition) is 4. The van der Waals surface area contributed by atoms with Gasteiger partial charge in [-0.25, -0.2) is 8.78 Å². The lowest BCUT2D eigenvalue weighted by Crippen LogP contribution is -2.50. The second-order valence-electron chi connectivity index (χ2n) is 12.3. The standard InChI is InChI=1S/C30H36F5N5O3/c1-15(2)40-23(10-11-36-40)27(41)38-26(25(17-4-5-17)18-6-7-18)28(42)37-22-9-8-19(12-21(22)32)16(3)29(43)39-14-20(31)13-24(39)30(33,34)35/h8-12,15-18,20,24-26H,4-7,13-14H2,1-3H3,(H,37,42)(H,38,41)/t16-,20-,24+,26-/m0/s1. The number of anilines is 1. The largest absolute Gasteiger partial charge is 0.408 e. The number of halogens is 5. The maximum absolute atomic E-state index is 15.3. The highest BCUT2D eigenvalue weighted by molar-refractivity contribution is 6.01.